The maximum atomic E-state index is 12.6. The van der Waals surface area contributed by atoms with Crippen LogP contribution >= 0.6 is 11.6 Å². The number of anilines is 1. The van der Waals surface area contributed by atoms with Crippen molar-refractivity contribution in [3.63, 3.8) is 0 Å². The molecule has 2 saturated heterocycles. The molecule has 0 aromatic carbocycles. The summed E-state index contributed by atoms with van der Waals surface area (Å²) in [5.41, 5.74) is 0.358. The van der Waals surface area contributed by atoms with Crippen molar-refractivity contribution >= 4 is 34.4 Å². The molecule has 2 aliphatic heterocycles. The fourth-order valence-electron chi connectivity index (χ4n) is 4.26. The number of amides is 1. The first-order valence-corrected chi connectivity index (χ1v) is 9.87. The van der Waals surface area contributed by atoms with Crippen LogP contribution in [-0.2, 0) is 4.74 Å². The SMILES string of the molecule is C.CC(C)(C)OC(=O)N1[C@@H]2CC[C@H]1CC(Nc1nc(Cl)cc3ncccc13)C2. The number of carbonyl (C=O) groups is 1. The van der Waals surface area contributed by atoms with Gasteiger partial charge in [-0.1, -0.05) is 19.0 Å². The molecule has 4 heterocycles. The molecule has 0 aliphatic carbocycles. The number of halogens is 1. The Morgan fingerprint density at radius 2 is 1.96 bits per heavy atom. The predicted octanol–water partition coefficient (Wildman–Crippen LogP) is 5.26. The Kier molecular flexibility index (Phi) is 5.71. The van der Waals surface area contributed by atoms with Gasteiger partial charge in [-0.15, -0.1) is 0 Å². The zero-order chi connectivity index (χ0) is 19.2. The lowest BCUT2D eigenvalue weighted by atomic mass is 9.97. The van der Waals surface area contributed by atoms with Crippen LogP contribution in [0.4, 0.5) is 10.6 Å². The quantitative estimate of drug-likeness (QED) is 0.691. The number of fused-ring (bicyclic) bond motifs is 3. The van der Waals surface area contributed by atoms with Crippen molar-refractivity contribution in [2.24, 2.45) is 0 Å². The van der Waals surface area contributed by atoms with E-state index < -0.39 is 5.60 Å². The number of nitrogens with one attached hydrogen (secondary N) is 1. The molecule has 2 fully saturated rings. The van der Waals surface area contributed by atoms with Gasteiger partial charge in [0.15, 0.2) is 0 Å². The molecule has 152 valence electrons. The molecule has 0 saturated carbocycles. The Morgan fingerprint density at radius 3 is 2.61 bits per heavy atom. The first kappa shape index (κ1) is 20.6. The second kappa shape index (κ2) is 7.74. The third kappa shape index (κ3) is 4.17. The summed E-state index contributed by atoms with van der Waals surface area (Å²) >= 11 is 6.18. The molecule has 1 N–H and O–H groups in total. The topological polar surface area (TPSA) is 67.3 Å². The Bertz CT molecular complexity index is 853. The van der Waals surface area contributed by atoms with E-state index in [4.69, 9.17) is 16.3 Å². The normalized spacial score (nSPS) is 24.0. The monoisotopic (exact) mass is 404 g/mol. The number of piperidine rings is 1. The summed E-state index contributed by atoms with van der Waals surface area (Å²) in [5.74, 6) is 0.765. The predicted molar refractivity (Wildman–Crippen MR) is 113 cm³/mol. The van der Waals surface area contributed by atoms with Gasteiger partial charge >= 0.3 is 6.09 Å². The Labute approximate surface area is 171 Å². The number of ether oxygens (including phenoxy) is 1. The summed E-state index contributed by atoms with van der Waals surface area (Å²) in [6.07, 6.45) is 5.36. The number of rotatable bonds is 2. The fourth-order valence-corrected chi connectivity index (χ4v) is 4.44. The van der Waals surface area contributed by atoms with Crippen LogP contribution < -0.4 is 5.32 Å². The van der Waals surface area contributed by atoms with Gasteiger partial charge in [0.2, 0.25) is 0 Å². The molecular formula is C21H29ClN4O2. The number of nitrogens with zero attached hydrogens (tertiary/aromatic N) is 3. The van der Waals surface area contributed by atoms with Crippen LogP contribution in [0.5, 0.6) is 0 Å². The van der Waals surface area contributed by atoms with Crippen molar-refractivity contribution in [1.29, 1.82) is 0 Å². The zero-order valence-electron chi connectivity index (χ0n) is 15.9. The maximum Gasteiger partial charge on any atom is 0.410 e. The summed E-state index contributed by atoms with van der Waals surface area (Å²) < 4.78 is 5.61. The van der Waals surface area contributed by atoms with Crippen LogP contribution in [0.25, 0.3) is 10.9 Å². The van der Waals surface area contributed by atoms with Crippen molar-refractivity contribution in [2.45, 2.75) is 77.6 Å². The van der Waals surface area contributed by atoms with Crippen LogP contribution in [0.1, 0.15) is 53.9 Å². The molecule has 28 heavy (non-hydrogen) atoms. The van der Waals surface area contributed by atoms with Gasteiger partial charge in [-0.2, -0.15) is 0 Å². The number of aromatic nitrogens is 2. The van der Waals surface area contributed by atoms with Crippen molar-refractivity contribution in [2.75, 3.05) is 5.32 Å². The lowest BCUT2D eigenvalue weighted by Crippen LogP contribution is -2.51. The average Bonchev–Trinajstić information content (AvgIpc) is 2.85. The molecule has 2 aromatic rings. The lowest BCUT2D eigenvalue weighted by Gasteiger charge is -2.39. The van der Waals surface area contributed by atoms with Crippen LogP contribution in [-0.4, -0.2) is 44.7 Å². The van der Waals surface area contributed by atoms with E-state index >= 15 is 0 Å². The molecule has 1 unspecified atom stereocenters. The summed E-state index contributed by atoms with van der Waals surface area (Å²) in [6, 6.07) is 6.34. The Morgan fingerprint density at radius 1 is 1.29 bits per heavy atom. The highest BCUT2D eigenvalue weighted by Crippen LogP contribution is 2.38. The molecule has 4 rings (SSSR count). The van der Waals surface area contributed by atoms with Crippen molar-refractivity contribution < 1.29 is 9.53 Å². The van der Waals surface area contributed by atoms with E-state index in [1.165, 1.54) is 0 Å². The number of hydrogen-bond donors (Lipinski definition) is 1. The Hall–Kier alpha value is -2.08. The van der Waals surface area contributed by atoms with Gasteiger partial charge in [0.1, 0.15) is 16.6 Å². The van der Waals surface area contributed by atoms with Crippen LogP contribution in [0.3, 0.4) is 0 Å². The molecule has 1 amide bonds. The van der Waals surface area contributed by atoms with Gasteiger partial charge in [-0.05, 0) is 58.6 Å². The van der Waals surface area contributed by atoms with Gasteiger partial charge in [0.05, 0.1) is 5.52 Å². The summed E-state index contributed by atoms with van der Waals surface area (Å²) in [6.45, 7) is 5.72. The molecule has 2 aromatic heterocycles. The average molecular weight is 405 g/mol. The molecule has 3 atom stereocenters. The molecule has 0 radical (unpaired) electrons. The highest BCUT2D eigenvalue weighted by atomic mass is 35.5. The van der Waals surface area contributed by atoms with E-state index in [2.05, 4.69) is 15.3 Å². The van der Waals surface area contributed by atoms with Crippen LogP contribution in [0.15, 0.2) is 24.4 Å². The third-order valence-corrected chi connectivity index (χ3v) is 5.44. The third-order valence-electron chi connectivity index (χ3n) is 5.25. The van der Waals surface area contributed by atoms with E-state index in [0.717, 1.165) is 42.4 Å². The van der Waals surface area contributed by atoms with E-state index in [9.17, 15) is 4.79 Å². The first-order chi connectivity index (χ1) is 12.8. The summed E-state index contributed by atoms with van der Waals surface area (Å²) in [7, 11) is 0. The van der Waals surface area contributed by atoms with E-state index in [0.29, 0.717) is 5.15 Å². The van der Waals surface area contributed by atoms with Gasteiger partial charge in [-0.3, -0.25) is 4.98 Å². The fraction of sp³-hybridized carbons (Fsp3) is 0.571. The van der Waals surface area contributed by atoms with Crippen LogP contribution in [0, 0.1) is 0 Å². The van der Waals surface area contributed by atoms with Gasteiger partial charge < -0.3 is 15.0 Å². The number of pyridine rings is 2. The first-order valence-electron chi connectivity index (χ1n) is 9.49. The Balaban J connectivity index is 0.00000225. The van der Waals surface area contributed by atoms with Crippen molar-refractivity contribution in [3.8, 4) is 0 Å². The lowest BCUT2D eigenvalue weighted by molar-refractivity contribution is 0.00683. The molecule has 7 heteroatoms. The molecule has 0 spiro atoms. The van der Waals surface area contributed by atoms with E-state index in [1.54, 1.807) is 12.3 Å². The molecule has 2 aliphatic rings. The van der Waals surface area contributed by atoms with Gasteiger partial charge in [-0.25, -0.2) is 9.78 Å². The van der Waals surface area contributed by atoms with E-state index in [-0.39, 0.29) is 31.6 Å². The minimum absolute atomic E-state index is 0. The molecule has 2 bridgehead atoms. The van der Waals surface area contributed by atoms with Crippen molar-refractivity contribution in [3.05, 3.63) is 29.5 Å². The minimum Gasteiger partial charge on any atom is -0.444 e. The van der Waals surface area contributed by atoms with E-state index in [1.807, 2.05) is 37.8 Å². The summed E-state index contributed by atoms with van der Waals surface area (Å²) in [5, 5.41) is 4.95. The maximum absolute atomic E-state index is 12.6. The number of carbonyl (C=O) groups excluding carboxylic acids is 1. The zero-order valence-corrected chi connectivity index (χ0v) is 16.7. The highest BCUT2D eigenvalue weighted by Gasteiger charge is 2.45. The second-order valence-electron chi connectivity index (χ2n) is 8.45. The largest absolute Gasteiger partial charge is 0.444 e. The second-order valence-corrected chi connectivity index (χ2v) is 8.84. The molecule has 6 nitrogen and oxygen atoms in total. The minimum atomic E-state index is -0.470. The van der Waals surface area contributed by atoms with Gasteiger partial charge in [0.25, 0.3) is 0 Å². The van der Waals surface area contributed by atoms with Gasteiger partial charge in [0, 0.05) is 35.8 Å². The van der Waals surface area contributed by atoms with Crippen LogP contribution in [0.2, 0.25) is 5.15 Å². The molecular weight excluding hydrogens is 376 g/mol. The highest BCUT2D eigenvalue weighted by molar-refractivity contribution is 6.30. The standard InChI is InChI=1S/C20H25ClN4O2.CH4/c1-20(2,3)27-19(26)25-13-6-7-14(25)10-12(9-13)23-18-15-5-4-8-22-16(15)11-17(21)24-18;/h4-5,8,11-14H,6-7,9-10H2,1-3H3,(H,23,24);1H4/t12?,13-,14+;. The summed E-state index contributed by atoms with van der Waals surface area (Å²) in [4.78, 5) is 23.4. The van der Waals surface area contributed by atoms with Crippen molar-refractivity contribution in [1.82, 2.24) is 14.9 Å². The smallest absolute Gasteiger partial charge is 0.410 e. The number of hydrogen-bond acceptors (Lipinski definition) is 5.